The zero-order valence-electron chi connectivity index (χ0n) is 14.3. The summed E-state index contributed by atoms with van der Waals surface area (Å²) in [6, 6.07) is 9.98. The Balaban J connectivity index is 1.48. The van der Waals surface area contributed by atoms with Crippen LogP contribution in [-0.4, -0.2) is 28.8 Å². The van der Waals surface area contributed by atoms with Crippen LogP contribution in [0.3, 0.4) is 0 Å². The van der Waals surface area contributed by atoms with E-state index < -0.39 is 0 Å². The first kappa shape index (κ1) is 15.4. The monoisotopic (exact) mass is 324 g/mol. The number of nitrogens with zero attached hydrogens (tertiary/aromatic N) is 2. The second kappa shape index (κ2) is 5.74. The molecule has 2 heterocycles. The van der Waals surface area contributed by atoms with Crippen molar-refractivity contribution in [3.8, 4) is 5.69 Å². The molecule has 0 radical (unpaired) electrons. The number of carbonyl (C=O) groups is 1. The molecule has 5 nitrogen and oxygen atoms in total. The third kappa shape index (κ3) is 2.73. The molecule has 1 amide bonds. The van der Waals surface area contributed by atoms with Crippen molar-refractivity contribution in [1.29, 1.82) is 0 Å². The number of amides is 1. The highest BCUT2D eigenvalue weighted by molar-refractivity contribution is 5.95. The predicted octanol–water partition coefficient (Wildman–Crippen LogP) is 2.82. The van der Waals surface area contributed by atoms with Gasteiger partial charge in [0, 0.05) is 17.3 Å². The fourth-order valence-electron chi connectivity index (χ4n) is 4.03. The van der Waals surface area contributed by atoms with Crippen molar-refractivity contribution in [2.45, 2.75) is 33.1 Å². The molecule has 1 aliphatic carbocycles. The van der Waals surface area contributed by atoms with E-state index in [9.17, 15) is 4.79 Å². The maximum atomic E-state index is 12.6. The van der Waals surface area contributed by atoms with Gasteiger partial charge in [0.1, 0.15) is 0 Å². The van der Waals surface area contributed by atoms with Crippen molar-refractivity contribution in [2.24, 2.45) is 11.3 Å². The number of nitrogens with one attached hydrogen (secondary N) is 2. The lowest BCUT2D eigenvalue weighted by Crippen LogP contribution is -2.31. The van der Waals surface area contributed by atoms with Crippen LogP contribution in [0.25, 0.3) is 5.69 Å². The summed E-state index contributed by atoms with van der Waals surface area (Å²) in [6.07, 6.45) is 3.28. The van der Waals surface area contributed by atoms with Gasteiger partial charge in [0.2, 0.25) is 5.91 Å². The smallest absolute Gasteiger partial charge is 0.228 e. The lowest BCUT2D eigenvalue weighted by molar-refractivity contribution is -0.118. The van der Waals surface area contributed by atoms with Gasteiger partial charge in [-0.1, -0.05) is 6.07 Å². The van der Waals surface area contributed by atoms with E-state index in [0.29, 0.717) is 0 Å². The Kier molecular flexibility index (Phi) is 3.68. The number of aryl methyl sites for hydroxylation is 2. The summed E-state index contributed by atoms with van der Waals surface area (Å²) >= 11 is 0. The molecule has 1 aromatic carbocycles. The standard InChI is InChI=1S/C19H24N4O/c1-13-10-14(2)23(22-13)16-5-3-4-15(11-16)21-18(24)17-12-19(17)6-8-20-9-7-19/h3-5,10-11,17,20H,6-9,12H2,1-2H3,(H,21,24). The Labute approximate surface area is 142 Å². The Morgan fingerprint density at radius 1 is 1.29 bits per heavy atom. The van der Waals surface area contributed by atoms with E-state index in [1.165, 1.54) is 0 Å². The van der Waals surface area contributed by atoms with Crippen LogP contribution in [-0.2, 0) is 4.79 Å². The van der Waals surface area contributed by atoms with E-state index in [-0.39, 0.29) is 17.2 Å². The highest BCUT2D eigenvalue weighted by Gasteiger charge is 2.57. The van der Waals surface area contributed by atoms with E-state index in [1.807, 2.05) is 42.8 Å². The Morgan fingerprint density at radius 2 is 2.08 bits per heavy atom. The number of hydrogen-bond acceptors (Lipinski definition) is 3. The molecule has 2 N–H and O–H groups in total. The molecule has 24 heavy (non-hydrogen) atoms. The first-order valence-electron chi connectivity index (χ1n) is 8.73. The molecule has 1 saturated heterocycles. The van der Waals surface area contributed by atoms with Crippen LogP contribution in [0, 0.1) is 25.2 Å². The first-order chi connectivity index (χ1) is 11.6. The lowest BCUT2D eigenvalue weighted by atomic mass is 9.92. The van der Waals surface area contributed by atoms with Crippen molar-refractivity contribution in [2.75, 3.05) is 18.4 Å². The van der Waals surface area contributed by atoms with Crippen LogP contribution in [0.2, 0.25) is 0 Å². The van der Waals surface area contributed by atoms with Gasteiger partial charge >= 0.3 is 0 Å². The van der Waals surface area contributed by atoms with Crippen LogP contribution in [0.15, 0.2) is 30.3 Å². The molecule has 1 unspecified atom stereocenters. The molecule has 1 spiro atoms. The third-order valence-corrected chi connectivity index (χ3v) is 5.47. The quantitative estimate of drug-likeness (QED) is 0.913. The summed E-state index contributed by atoms with van der Waals surface area (Å²) < 4.78 is 1.91. The van der Waals surface area contributed by atoms with Gasteiger partial charge in [0.15, 0.2) is 0 Å². The highest BCUT2D eigenvalue weighted by Crippen LogP contribution is 2.58. The number of benzene rings is 1. The first-order valence-corrected chi connectivity index (χ1v) is 8.73. The van der Waals surface area contributed by atoms with Crippen LogP contribution in [0.5, 0.6) is 0 Å². The molecule has 1 aliphatic heterocycles. The molecule has 126 valence electrons. The minimum atomic E-state index is 0.169. The van der Waals surface area contributed by atoms with Crippen LogP contribution in [0.1, 0.15) is 30.7 Å². The summed E-state index contributed by atoms with van der Waals surface area (Å²) in [4.78, 5) is 12.6. The summed E-state index contributed by atoms with van der Waals surface area (Å²) in [5.41, 5.74) is 4.18. The van der Waals surface area contributed by atoms with E-state index in [1.54, 1.807) is 0 Å². The largest absolute Gasteiger partial charge is 0.326 e. The van der Waals surface area contributed by atoms with Gasteiger partial charge in [-0.2, -0.15) is 5.10 Å². The Hall–Kier alpha value is -2.14. The number of piperidine rings is 1. The molecule has 2 fully saturated rings. The number of hydrogen-bond donors (Lipinski definition) is 2. The summed E-state index contributed by atoms with van der Waals surface area (Å²) in [7, 11) is 0. The Morgan fingerprint density at radius 3 is 2.79 bits per heavy atom. The number of carbonyl (C=O) groups excluding carboxylic acids is 1. The van der Waals surface area contributed by atoms with E-state index in [0.717, 1.165) is 55.1 Å². The molecule has 1 aromatic heterocycles. The van der Waals surface area contributed by atoms with Crippen molar-refractivity contribution < 1.29 is 4.79 Å². The molecule has 1 atom stereocenters. The highest BCUT2D eigenvalue weighted by atomic mass is 16.2. The second-order valence-corrected chi connectivity index (χ2v) is 7.25. The lowest BCUT2D eigenvalue weighted by Gasteiger charge is -2.23. The fraction of sp³-hybridized carbons (Fsp3) is 0.474. The molecule has 2 aliphatic rings. The van der Waals surface area contributed by atoms with Crippen LogP contribution < -0.4 is 10.6 Å². The zero-order chi connectivity index (χ0) is 16.7. The van der Waals surface area contributed by atoms with Gasteiger partial charge < -0.3 is 10.6 Å². The minimum Gasteiger partial charge on any atom is -0.326 e. The van der Waals surface area contributed by atoms with Gasteiger partial charge in [-0.15, -0.1) is 0 Å². The van der Waals surface area contributed by atoms with Crippen LogP contribution >= 0.6 is 0 Å². The van der Waals surface area contributed by atoms with Gasteiger partial charge in [-0.3, -0.25) is 4.79 Å². The third-order valence-electron chi connectivity index (χ3n) is 5.47. The molecule has 1 saturated carbocycles. The van der Waals surface area contributed by atoms with Gasteiger partial charge in [-0.25, -0.2) is 4.68 Å². The average molecular weight is 324 g/mol. The second-order valence-electron chi connectivity index (χ2n) is 7.25. The molecule has 2 aromatic rings. The molecular formula is C19H24N4O. The van der Waals surface area contributed by atoms with E-state index in [4.69, 9.17) is 0 Å². The SMILES string of the molecule is Cc1cc(C)n(-c2cccc(NC(=O)C3CC34CCNCC4)c2)n1. The maximum Gasteiger partial charge on any atom is 0.228 e. The van der Waals surface area contributed by atoms with Gasteiger partial charge in [0.25, 0.3) is 0 Å². The summed E-state index contributed by atoms with van der Waals surface area (Å²) in [6.45, 7) is 6.10. The van der Waals surface area contributed by atoms with Crippen molar-refractivity contribution in [3.63, 3.8) is 0 Å². The molecule has 0 bridgehead atoms. The molecule has 5 heteroatoms. The molecule has 4 rings (SSSR count). The number of aromatic nitrogens is 2. The summed E-state index contributed by atoms with van der Waals surface area (Å²) in [5, 5.41) is 11.0. The van der Waals surface area contributed by atoms with Crippen LogP contribution in [0.4, 0.5) is 5.69 Å². The van der Waals surface area contributed by atoms with Crippen molar-refractivity contribution >= 4 is 11.6 Å². The van der Waals surface area contributed by atoms with Gasteiger partial charge in [-0.05, 0) is 75.9 Å². The fourth-order valence-corrected chi connectivity index (χ4v) is 4.03. The average Bonchev–Trinajstić information content (AvgIpc) is 3.14. The van der Waals surface area contributed by atoms with Gasteiger partial charge in [0.05, 0.1) is 11.4 Å². The summed E-state index contributed by atoms with van der Waals surface area (Å²) in [5.74, 6) is 0.347. The maximum absolute atomic E-state index is 12.6. The van der Waals surface area contributed by atoms with Crippen molar-refractivity contribution in [3.05, 3.63) is 41.7 Å². The number of anilines is 1. The normalized spacial score (nSPS) is 21.7. The topological polar surface area (TPSA) is 59.0 Å². The predicted molar refractivity (Wildman–Crippen MR) is 94.3 cm³/mol. The molecular weight excluding hydrogens is 300 g/mol. The van der Waals surface area contributed by atoms with E-state index >= 15 is 0 Å². The Bertz CT molecular complexity index is 773. The van der Waals surface area contributed by atoms with Crippen molar-refractivity contribution in [1.82, 2.24) is 15.1 Å². The number of rotatable bonds is 3. The minimum absolute atomic E-state index is 0.169. The zero-order valence-corrected chi connectivity index (χ0v) is 14.3. The van der Waals surface area contributed by atoms with E-state index in [2.05, 4.69) is 21.8 Å².